The molecule has 0 aliphatic carbocycles. The lowest BCUT2D eigenvalue weighted by atomic mass is 9.99. The zero-order chi connectivity index (χ0) is 13.3. The number of rotatable bonds is 3. The number of aromatic nitrogens is 3. The molecule has 2 heterocycles. The second-order valence-electron chi connectivity index (χ2n) is 4.47. The first-order valence-electron chi connectivity index (χ1n) is 5.85. The van der Waals surface area contributed by atoms with E-state index in [1.807, 2.05) is 33.0 Å². The van der Waals surface area contributed by atoms with Crippen LogP contribution in [0.25, 0.3) is 0 Å². The van der Waals surface area contributed by atoms with Gasteiger partial charge in [0, 0.05) is 30.5 Å². The van der Waals surface area contributed by atoms with Crippen LogP contribution in [0.5, 0.6) is 0 Å². The third-order valence-corrected chi connectivity index (χ3v) is 3.61. The van der Waals surface area contributed by atoms with E-state index in [2.05, 4.69) is 10.1 Å². The van der Waals surface area contributed by atoms with Crippen LogP contribution in [-0.4, -0.2) is 14.8 Å². The Bertz CT molecular complexity index is 562. The highest BCUT2D eigenvalue weighted by molar-refractivity contribution is 6.30. The van der Waals surface area contributed by atoms with Crippen molar-refractivity contribution in [3.05, 3.63) is 46.0 Å². The highest BCUT2D eigenvalue weighted by Gasteiger charge is 2.17. The molecule has 0 saturated carbocycles. The SMILES string of the molecule is Cc1ncccc1C(N)Cc1c(C)nn(C)c1Cl. The lowest BCUT2D eigenvalue weighted by Gasteiger charge is -2.13. The predicted molar refractivity (Wildman–Crippen MR) is 72.6 cm³/mol. The molecule has 18 heavy (non-hydrogen) atoms. The minimum atomic E-state index is -0.112. The van der Waals surface area contributed by atoms with Crippen LogP contribution >= 0.6 is 11.6 Å². The number of hydrogen-bond donors (Lipinski definition) is 1. The first kappa shape index (κ1) is 13.1. The summed E-state index contributed by atoms with van der Waals surface area (Å²) < 4.78 is 1.68. The Morgan fingerprint density at radius 2 is 2.11 bits per heavy atom. The minimum Gasteiger partial charge on any atom is -0.324 e. The molecule has 2 rings (SSSR count). The first-order valence-corrected chi connectivity index (χ1v) is 6.23. The van der Waals surface area contributed by atoms with E-state index in [0.29, 0.717) is 11.6 Å². The summed E-state index contributed by atoms with van der Waals surface area (Å²) in [5, 5.41) is 4.95. The lowest BCUT2D eigenvalue weighted by Crippen LogP contribution is -2.15. The van der Waals surface area contributed by atoms with Crippen LogP contribution in [0.3, 0.4) is 0 Å². The van der Waals surface area contributed by atoms with Crippen LogP contribution in [0, 0.1) is 13.8 Å². The maximum Gasteiger partial charge on any atom is 0.130 e. The second kappa shape index (κ2) is 5.08. The van der Waals surface area contributed by atoms with E-state index < -0.39 is 0 Å². The van der Waals surface area contributed by atoms with Crippen LogP contribution in [0.4, 0.5) is 0 Å². The molecule has 5 heteroatoms. The van der Waals surface area contributed by atoms with Gasteiger partial charge in [-0.2, -0.15) is 5.10 Å². The number of aryl methyl sites for hydroxylation is 3. The largest absolute Gasteiger partial charge is 0.324 e. The van der Waals surface area contributed by atoms with Crippen molar-refractivity contribution >= 4 is 11.6 Å². The normalized spacial score (nSPS) is 12.7. The second-order valence-corrected chi connectivity index (χ2v) is 4.83. The van der Waals surface area contributed by atoms with Crippen molar-refractivity contribution in [3.63, 3.8) is 0 Å². The molecule has 4 nitrogen and oxygen atoms in total. The Labute approximate surface area is 112 Å². The van der Waals surface area contributed by atoms with Gasteiger partial charge in [-0.15, -0.1) is 0 Å². The molecule has 1 atom stereocenters. The van der Waals surface area contributed by atoms with Gasteiger partial charge in [-0.05, 0) is 31.9 Å². The standard InChI is InChI=1S/C13H17ClN4/c1-8-10(5-4-6-16-8)12(15)7-11-9(2)17-18(3)13(11)14/h4-6,12H,7,15H2,1-3H3. The van der Waals surface area contributed by atoms with Gasteiger partial charge in [-0.1, -0.05) is 17.7 Å². The Kier molecular flexibility index (Phi) is 3.68. The van der Waals surface area contributed by atoms with Crippen LogP contribution in [0.2, 0.25) is 5.15 Å². The maximum atomic E-state index is 6.24. The van der Waals surface area contributed by atoms with Gasteiger partial charge in [0.15, 0.2) is 0 Å². The van der Waals surface area contributed by atoms with E-state index in [0.717, 1.165) is 22.5 Å². The van der Waals surface area contributed by atoms with Crippen molar-refractivity contribution in [2.45, 2.75) is 26.3 Å². The van der Waals surface area contributed by atoms with Crippen LogP contribution in [-0.2, 0) is 13.5 Å². The van der Waals surface area contributed by atoms with Crippen LogP contribution < -0.4 is 5.73 Å². The van der Waals surface area contributed by atoms with Gasteiger partial charge in [0.05, 0.1) is 5.69 Å². The predicted octanol–water partition coefficient (Wildman–Crippen LogP) is 2.33. The number of halogens is 1. The van der Waals surface area contributed by atoms with Crippen molar-refractivity contribution in [2.24, 2.45) is 12.8 Å². The molecule has 0 bridgehead atoms. The maximum absolute atomic E-state index is 6.24. The van der Waals surface area contributed by atoms with Crippen molar-refractivity contribution in [2.75, 3.05) is 0 Å². The van der Waals surface area contributed by atoms with Crippen molar-refractivity contribution in [1.29, 1.82) is 0 Å². The third kappa shape index (κ3) is 2.40. The molecule has 0 spiro atoms. The van der Waals surface area contributed by atoms with Gasteiger partial charge in [0.1, 0.15) is 5.15 Å². The Hall–Kier alpha value is -1.39. The van der Waals surface area contributed by atoms with Crippen molar-refractivity contribution in [3.8, 4) is 0 Å². The Morgan fingerprint density at radius 3 is 2.67 bits per heavy atom. The zero-order valence-electron chi connectivity index (χ0n) is 10.8. The zero-order valence-corrected chi connectivity index (χ0v) is 11.6. The third-order valence-electron chi connectivity index (χ3n) is 3.14. The van der Waals surface area contributed by atoms with E-state index in [1.54, 1.807) is 10.9 Å². The number of hydrogen-bond acceptors (Lipinski definition) is 3. The molecule has 1 unspecified atom stereocenters. The smallest absolute Gasteiger partial charge is 0.130 e. The monoisotopic (exact) mass is 264 g/mol. The summed E-state index contributed by atoms with van der Waals surface area (Å²) in [7, 11) is 1.83. The lowest BCUT2D eigenvalue weighted by molar-refractivity contribution is 0.707. The number of nitrogens with two attached hydrogens (primary N) is 1. The summed E-state index contributed by atoms with van der Waals surface area (Å²) in [5.41, 5.74) is 10.2. The van der Waals surface area contributed by atoms with Crippen molar-refractivity contribution < 1.29 is 0 Å². The van der Waals surface area contributed by atoms with E-state index in [-0.39, 0.29) is 6.04 Å². The summed E-state index contributed by atoms with van der Waals surface area (Å²) in [4.78, 5) is 4.26. The molecule has 96 valence electrons. The summed E-state index contributed by atoms with van der Waals surface area (Å²) >= 11 is 6.21. The summed E-state index contributed by atoms with van der Waals surface area (Å²) in [6, 6.07) is 3.80. The molecule has 2 aromatic heterocycles. The molecule has 0 amide bonds. The molecule has 0 saturated heterocycles. The molecular weight excluding hydrogens is 248 g/mol. The fourth-order valence-corrected chi connectivity index (χ4v) is 2.38. The molecular formula is C13H17ClN4. The average Bonchev–Trinajstić information content (AvgIpc) is 2.56. The van der Waals surface area contributed by atoms with Gasteiger partial charge in [-0.3, -0.25) is 9.67 Å². The average molecular weight is 265 g/mol. The fourth-order valence-electron chi connectivity index (χ4n) is 2.12. The first-order chi connectivity index (χ1) is 8.50. The van der Waals surface area contributed by atoms with E-state index in [1.165, 1.54) is 0 Å². The van der Waals surface area contributed by atoms with Gasteiger partial charge >= 0.3 is 0 Å². The highest BCUT2D eigenvalue weighted by atomic mass is 35.5. The number of nitrogens with zero attached hydrogens (tertiary/aromatic N) is 3. The molecule has 2 N–H and O–H groups in total. The van der Waals surface area contributed by atoms with E-state index in [4.69, 9.17) is 17.3 Å². The minimum absolute atomic E-state index is 0.112. The van der Waals surface area contributed by atoms with E-state index >= 15 is 0 Å². The van der Waals surface area contributed by atoms with E-state index in [9.17, 15) is 0 Å². The van der Waals surface area contributed by atoms with Gasteiger partial charge < -0.3 is 5.73 Å². The summed E-state index contributed by atoms with van der Waals surface area (Å²) in [6.07, 6.45) is 2.44. The number of pyridine rings is 1. The summed E-state index contributed by atoms with van der Waals surface area (Å²) in [6.45, 7) is 3.91. The highest BCUT2D eigenvalue weighted by Crippen LogP contribution is 2.25. The summed E-state index contributed by atoms with van der Waals surface area (Å²) in [5.74, 6) is 0. The molecule has 2 aromatic rings. The fraction of sp³-hybridized carbons (Fsp3) is 0.385. The topological polar surface area (TPSA) is 56.7 Å². The van der Waals surface area contributed by atoms with Gasteiger partial charge in [-0.25, -0.2) is 0 Å². The quantitative estimate of drug-likeness (QED) is 0.926. The molecule has 0 radical (unpaired) electrons. The van der Waals surface area contributed by atoms with Crippen LogP contribution in [0.1, 0.15) is 28.6 Å². The van der Waals surface area contributed by atoms with Crippen LogP contribution in [0.15, 0.2) is 18.3 Å². The van der Waals surface area contributed by atoms with Gasteiger partial charge in [0.2, 0.25) is 0 Å². The molecule has 0 fully saturated rings. The molecule has 0 aliphatic rings. The van der Waals surface area contributed by atoms with Crippen molar-refractivity contribution in [1.82, 2.24) is 14.8 Å². The molecule has 0 aliphatic heterocycles. The Morgan fingerprint density at radius 1 is 1.39 bits per heavy atom. The Balaban J connectivity index is 2.27. The molecule has 0 aromatic carbocycles. The van der Waals surface area contributed by atoms with Gasteiger partial charge in [0.25, 0.3) is 0 Å².